The molecule has 0 saturated carbocycles. The molecule has 0 bridgehead atoms. The van der Waals surface area contributed by atoms with Gasteiger partial charge >= 0.3 is 5.97 Å². The van der Waals surface area contributed by atoms with Crippen LogP contribution in [0.25, 0.3) is 0 Å². The minimum Gasteiger partial charge on any atom is -0.477 e. The van der Waals surface area contributed by atoms with Gasteiger partial charge in [0.25, 0.3) is 11.8 Å². The van der Waals surface area contributed by atoms with E-state index in [0.717, 1.165) is 6.26 Å². The Balaban J connectivity index is 1.50. The molecule has 1 saturated heterocycles. The Labute approximate surface area is 223 Å². The Morgan fingerprint density at radius 2 is 2.16 bits per heavy atom. The number of fused-ring (bicyclic) bond motifs is 1. The van der Waals surface area contributed by atoms with E-state index in [1.54, 1.807) is 5.51 Å². The smallest absolute Gasteiger partial charge is 0.352 e. The summed E-state index contributed by atoms with van der Waals surface area (Å²) in [5.74, 6) is -1.85. The van der Waals surface area contributed by atoms with Crippen LogP contribution in [0.2, 0.25) is 0 Å². The van der Waals surface area contributed by atoms with Crippen LogP contribution < -0.4 is 10.0 Å². The van der Waals surface area contributed by atoms with Crippen molar-refractivity contribution >= 4 is 74.1 Å². The van der Waals surface area contributed by atoms with Crippen molar-refractivity contribution in [2.75, 3.05) is 29.6 Å². The van der Waals surface area contributed by atoms with E-state index in [1.807, 2.05) is 0 Å². The van der Waals surface area contributed by atoms with Crippen LogP contribution in [0.15, 0.2) is 50.5 Å². The number of aliphatic carboxylic acids is 1. The zero-order chi connectivity index (χ0) is 26.7. The number of hydrogen-bond acceptors (Lipinski definition) is 12. The van der Waals surface area contributed by atoms with Gasteiger partial charge in [0, 0.05) is 22.8 Å². The molecule has 1 aromatic heterocycles. The molecule has 2 aromatic rings. The predicted octanol–water partition coefficient (Wildman–Crippen LogP) is 0.791. The third-order valence-electron chi connectivity index (χ3n) is 5.08. The van der Waals surface area contributed by atoms with Crippen molar-refractivity contribution in [1.29, 1.82) is 0 Å². The summed E-state index contributed by atoms with van der Waals surface area (Å²) in [6, 6.07) is 4.97. The number of nitrogens with one attached hydrogen (secondary N) is 2. The summed E-state index contributed by atoms with van der Waals surface area (Å²) in [4.78, 5) is 44.1. The van der Waals surface area contributed by atoms with E-state index in [0.29, 0.717) is 21.4 Å². The van der Waals surface area contributed by atoms with Gasteiger partial charge in [-0.1, -0.05) is 40.4 Å². The molecule has 196 valence electrons. The summed E-state index contributed by atoms with van der Waals surface area (Å²) in [5, 5.41) is 23.3. The van der Waals surface area contributed by atoms with Gasteiger partial charge in [0.05, 0.1) is 6.26 Å². The first kappa shape index (κ1) is 26.9. The van der Waals surface area contributed by atoms with Gasteiger partial charge < -0.3 is 15.3 Å². The van der Waals surface area contributed by atoms with Gasteiger partial charge in [-0.3, -0.25) is 19.2 Å². The summed E-state index contributed by atoms with van der Waals surface area (Å²) in [7, 11) is -2.31. The number of rotatable bonds is 10. The lowest BCUT2D eigenvalue weighted by molar-refractivity contribution is -0.150. The molecule has 17 heteroatoms. The first-order valence-corrected chi connectivity index (χ1v) is 15.2. The highest BCUT2D eigenvalue weighted by Crippen LogP contribution is 2.41. The van der Waals surface area contributed by atoms with Crippen LogP contribution >= 0.6 is 34.9 Å². The SMILES string of the molecule is CO/N=C(/C(=O)NC1C(=O)N2C(C(=O)O)=C(CSc3nncs3)CS[C@H]12)c1cccc(NS(C)(=O)=O)c1. The van der Waals surface area contributed by atoms with Crippen molar-refractivity contribution in [3.8, 4) is 0 Å². The summed E-state index contributed by atoms with van der Waals surface area (Å²) in [5.41, 5.74) is 2.32. The Morgan fingerprint density at radius 3 is 2.81 bits per heavy atom. The highest BCUT2D eigenvalue weighted by Gasteiger charge is 2.54. The standard InChI is InChI=1S/C20H20N6O7S4/c1-33-24-13(10-4-3-5-12(6-10)25-37(2,31)32)16(27)22-14-17(28)26-15(19(29)30)11(7-34-18(14)26)8-35-20-23-21-9-36-20/h3-6,9,14,18,25H,7-8H2,1-2H3,(H,22,27)(H,29,30)/b24-13+/t14?,18-/m1/s1. The number of thioether (sulfide) groups is 2. The van der Waals surface area contributed by atoms with E-state index >= 15 is 0 Å². The van der Waals surface area contributed by atoms with Crippen molar-refractivity contribution < 1.29 is 32.7 Å². The quantitative estimate of drug-likeness (QED) is 0.155. The number of carboxylic acid groups (broad SMARTS) is 1. The summed E-state index contributed by atoms with van der Waals surface area (Å²) < 4.78 is 26.1. The van der Waals surface area contributed by atoms with E-state index in [4.69, 9.17) is 4.84 Å². The molecule has 3 heterocycles. The molecule has 13 nitrogen and oxygen atoms in total. The molecule has 3 N–H and O–H groups in total. The van der Waals surface area contributed by atoms with Gasteiger partial charge in [0.1, 0.15) is 29.7 Å². The molecular formula is C20H20N6O7S4. The Kier molecular flexibility index (Phi) is 8.05. The van der Waals surface area contributed by atoms with Crippen LogP contribution in [0.4, 0.5) is 5.69 Å². The van der Waals surface area contributed by atoms with E-state index in [2.05, 4.69) is 25.4 Å². The molecule has 2 aliphatic rings. The lowest BCUT2D eigenvalue weighted by Crippen LogP contribution is -2.71. The van der Waals surface area contributed by atoms with Crippen molar-refractivity contribution in [1.82, 2.24) is 20.4 Å². The van der Waals surface area contributed by atoms with Crippen molar-refractivity contribution in [3.63, 3.8) is 0 Å². The number of carbonyl (C=O) groups is 3. The minimum atomic E-state index is -3.55. The molecule has 37 heavy (non-hydrogen) atoms. The molecular weight excluding hydrogens is 565 g/mol. The summed E-state index contributed by atoms with van der Waals surface area (Å²) in [6.07, 6.45) is 0.993. The predicted molar refractivity (Wildman–Crippen MR) is 139 cm³/mol. The molecule has 0 aliphatic carbocycles. The molecule has 2 atom stereocenters. The first-order chi connectivity index (χ1) is 17.6. The number of carboxylic acids is 1. The maximum absolute atomic E-state index is 13.1. The number of aromatic nitrogens is 2. The second-order valence-corrected chi connectivity index (χ2v) is 12.6. The molecule has 4 rings (SSSR count). The van der Waals surface area contributed by atoms with Crippen LogP contribution in [0, 0.1) is 0 Å². The number of sulfonamides is 1. The molecule has 1 aromatic carbocycles. The highest BCUT2D eigenvalue weighted by molar-refractivity contribution is 8.01. The number of benzene rings is 1. The normalized spacial score (nSPS) is 19.7. The largest absolute Gasteiger partial charge is 0.477 e. The first-order valence-electron chi connectivity index (χ1n) is 10.4. The van der Waals surface area contributed by atoms with E-state index in [-0.39, 0.29) is 22.7 Å². The summed E-state index contributed by atoms with van der Waals surface area (Å²) >= 11 is 4.01. The van der Waals surface area contributed by atoms with Crippen molar-refractivity contribution in [3.05, 3.63) is 46.6 Å². The van der Waals surface area contributed by atoms with Crippen LogP contribution in [0.1, 0.15) is 5.56 Å². The number of anilines is 1. The maximum Gasteiger partial charge on any atom is 0.352 e. The van der Waals surface area contributed by atoms with Gasteiger partial charge in [0.15, 0.2) is 10.1 Å². The van der Waals surface area contributed by atoms with Crippen LogP contribution in [-0.4, -0.2) is 88.4 Å². The van der Waals surface area contributed by atoms with Crippen LogP contribution in [0.5, 0.6) is 0 Å². The molecule has 2 aliphatic heterocycles. The van der Waals surface area contributed by atoms with E-state index in [9.17, 15) is 27.9 Å². The molecule has 1 fully saturated rings. The van der Waals surface area contributed by atoms with E-state index in [1.165, 1.54) is 71.1 Å². The van der Waals surface area contributed by atoms with Gasteiger partial charge in [-0.05, 0) is 17.7 Å². The van der Waals surface area contributed by atoms with E-state index < -0.39 is 39.2 Å². The highest BCUT2D eigenvalue weighted by atomic mass is 32.2. The van der Waals surface area contributed by atoms with Gasteiger partial charge in [0.2, 0.25) is 10.0 Å². The number of amides is 2. The second-order valence-electron chi connectivity index (χ2n) is 7.69. The maximum atomic E-state index is 13.1. The lowest BCUT2D eigenvalue weighted by Gasteiger charge is -2.49. The topological polar surface area (TPSA) is 180 Å². The second kappa shape index (κ2) is 11.1. The number of β-lactam (4-membered cyclic amide) rings is 1. The Hall–Kier alpha value is -3.15. The Bertz CT molecular complexity index is 1390. The zero-order valence-electron chi connectivity index (χ0n) is 19.3. The number of oxime groups is 1. The van der Waals surface area contributed by atoms with Crippen LogP contribution in [-0.2, 0) is 29.2 Å². The van der Waals surface area contributed by atoms with Crippen molar-refractivity contribution in [2.45, 2.75) is 15.8 Å². The molecule has 0 spiro atoms. The minimum absolute atomic E-state index is 0.0957. The average Bonchev–Trinajstić information content (AvgIpc) is 3.36. The van der Waals surface area contributed by atoms with Gasteiger partial charge in [-0.15, -0.1) is 22.0 Å². The fourth-order valence-corrected chi connectivity index (χ4v) is 7.17. The van der Waals surface area contributed by atoms with Gasteiger partial charge in [-0.25, -0.2) is 13.2 Å². The van der Waals surface area contributed by atoms with Crippen molar-refractivity contribution in [2.24, 2.45) is 5.16 Å². The number of hydrogen-bond donors (Lipinski definition) is 3. The molecule has 2 amide bonds. The fraction of sp³-hybridized carbons (Fsp3) is 0.300. The zero-order valence-corrected chi connectivity index (χ0v) is 22.5. The monoisotopic (exact) mass is 584 g/mol. The summed E-state index contributed by atoms with van der Waals surface area (Å²) in [6.45, 7) is 0. The average molecular weight is 585 g/mol. The third kappa shape index (κ3) is 6.06. The van der Waals surface area contributed by atoms with Gasteiger partial charge in [-0.2, -0.15) is 0 Å². The third-order valence-corrected chi connectivity index (χ3v) is 8.98. The molecule has 1 unspecified atom stereocenters. The lowest BCUT2D eigenvalue weighted by atomic mass is 10.0. The molecule has 0 radical (unpaired) electrons. The Morgan fingerprint density at radius 1 is 1.38 bits per heavy atom. The van der Waals surface area contributed by atoms with Crippen LogP contribution in [0.3, 0.4) is 0 Å². The number of nitrogens with zero attached hydrogens (tertiary/aromatic N) is 4. The number of carbonyl (C=O) groups excluding carboxylic acids is 2. The fourth-order valence-electron chi connectivity index (χ4n) is 3.64.